The SMILES string of the molecule is COc1ncc(B2OC(C)(C)C(C)(C)O2)cc1NSC. The Hall–Kier alpha value is -0.915. The smallest absolute Gasteiger partial charge is 0.480 e. The molecule has 0 unspecified atom stereocenters. The maximum absolute atomic E-state index is 6.02. The van der Waals surface area contributed by atoms with E-state index >= 15 is 0 Å². The van der Waals surface area contributed by atoms with Gasteiger partial charge in [0, 0.05) is 17.9 Å². The second kappa shape index (κ2) is 5.46. The minimum atomic E-state index is -0.416. The lowest BCUT2D eigenvalue weighted by molar-refractivity contribution is 0.00578. The highest BCUT2D eigenvalue weighted by atomic mass is 32.2. The predicted molar refractivity (Wildman–Crippen MR) is 83.6 cm³/mol. The summed E-state index contributed by atoms with van der Waals surface area (Å²) in [5.41, 5.74) is 0.975. The molecule has 0 aromatic carbocycles. The number of aromatic nitrogens is 1. The Balaban J connectivity index is 2.29. The van der Waals surface area contributed by atoms with Crippen LogP contribution < -0.4 is 14.9 Å². The van der Waals surface area contributed by atoms with Crippen LogP contribution in [0.15, 0.2) is 12.3 Å². The number of hydrogen-bond acceptors (Lipinski definition) is 6. The summed E-state index contributed by atoms with van der Waals surface area (Å²) in [6.45, 7) is 8.13. The molecule has 1 fully saturated rings. The Labute approximate surface area is 125 Å². The van der Waals surface area contributed by atoms with E-state index in [1.54, 1.807) is 13.3 Å². The Morgan fingerprint density at radius 3 is 2.35 bits per heavy atom. The molecule has 0 aliphatic carbocycles. The summed E-state index contributed by atoms with van der Waals surface area (Å²) in [5.74, 6) is 0.555. The largest absolute Gasteiger partial charge is 0.496 e. The molecule has 1 aliphatic heterocycles. The van der Waals surface area contributed by atoms with Gasteiger partial charge in [-0.1, -0.05) is 11.9 Å². The lowest BCUT2D eigenvalue weighted by Crippen LogP contribution is -2.41. The van der Waals surface area contributed by atoms with Crippen molar-refractivity contribution in [2.45, 2.75) is 38.9 Å². The lowest BCUT2D eigenvalue weighted by Gasteiger charge is -2.32. The quantitative estimate of drug-likeness (QED) is 0.678. The second-order valence-electron chi connectivity index (χ2n) is 5.72. The number of methoxy groups -OCH3 is 1. The maximum Gasteiger partial charge on any atom is 0.496 e. The molecule has 7 heteroatoms. The zero-order valence-electron chi connectivity index (χ0n) is 12.8. The van der Waals surface area contributed by atoms with E-state index in [-0.39, 0.29) is 11.2 Å². The highest BCUT2D eigenvalue weighted by molar-refractivity contribution is 7.99. The van der Waals surface area contributed by atoms with Gasteiger partial charge in [0.2, 0.25) is 5.88 Å². The topological polar surface area (TPSA) is 52.6 Å². The first kappa shape index (κ1) is 15.5. The summed E-state index contributed by atoms with van der Waals surface area (Å²) in [6.07, 6.45) is 3.67. The minimum Gasteiger partial charge on any atom is -0.480 e. The Bertz CT molecular complexity index is 481. The van der Waals surface area contributed by atoms with Crippen LogP contribution in [0.2, 0.25) is 0 Å². The van der Waals surface area contributed by atoms with Gasteiger partial charge in [-0.15, -0.1) is 0 Å². The monoisotopic (exact) mass is 296 g/mol. The van der Waals surface area contributed by atoms with Crippen molar-refractivity contribution in [1.29, 1.82) is 0 Å². The number of anilines is 1. The van der Waals surface area contributed by atoms with Gasteiger partial charge in [-0.3, -0.25) is 0 Å². The summed E-state index contributed by atoms with van der Waals surface area (Å²) < 4.78 is 20.4. The number of pyridine rings is 1. The highest BCUT2D eigenvalue weighted by Crippen LogP contribution is 2.36. The highest BCUT2D eigenvalue weighted by Gasteiger charge is 2.51. The lowest BCUT2D eigenvalue weighted by atomic mass is 9.80. The van der Waals surface area contributed by atoms with E-state index < -0.39 is 7.12 Å². The summed E-state index contributed by atoms with van der Waals surface area (Å²) in [4.78, 5) is 4.30. The van der Waals surface area contributed by atoms with Gasteiger partial charge < -0.3 is 18.8 Å². The molecule has 0 bridgehead atoms. The van der Waals surface area contributed by atoms with Crippen LogP contribution in [0.25, 0.3) is 0 Å². The van der Waals surface area contributed by atoms with E-state index in [1.165, 1.54) is 11.9 Å². The number of nitrogens with one attached hydrogen (secondary N) is 1. The minimum absolute atomic E-state index is 0.356. The van der Waals surface area contributed by atoms with Crippen molar-refractivity contribution in [3.63, 3.8) is 0 Å². The van der Waals surface area contributed by atoms with Gasteiger partial charge in [-0.25, -0.2) is 4.98 Å². The molecule has 0 radical (unpaired) electrons. The van der Waals surface area contributed by atoms with E-state index in [2.05, 4.69) is 9.71 Å². The van der Waals surface area contributed by atoms with Crippen LogP contribution in [0.3, 0.4) is 0 Å². The van der Waals surface area contributed by atoms with Crippen molar-refractivity contribution in [3.05, 3.63) is 12.3 Å². The molecule has 5 nitrogen and oxygen atoms in total. The molecule has 20 heavy (non-hydrogen) atoms. The molecular formula is C13H21BN2O3S. The zero-order valence-corrected chi connectivity index (χ0v) is 13.6. The molecule has 1 saturated heterocycles. The molecule has 2 rings (SSSR count). The molecule has 0 spiro atoms. The fraction of sp³-hybridized carbons (Fsp3) is 0.615. The van der Waals surface area contributed by atoms with Crippen LogP contribution in [0.4, 0.5) is 5.69 Å². The number of nitrogens with zero attached hydrogens (tertiary/aromatic N) is 1. The maximum atomic E-state index is 6.02. The van der Waals surface area contributed by atoms with Gasteiger partial charge in [0.25, 0.3) is 0 Å². The normalized spacial score (nSPS) is 20.0. The molecule has 0 amide bonds. The van der Waals surface area contributed by atoms with Crippen molar-refractivity contribution in [2.24, 2.45) is 0 Å². The van der Waals surface area contributed by atoms with Gasteiger partial charge in [-0.2, -0.15) is 0 Å². The first-order chi connectivity index (χ1) is 9.30. The van der Waals surface area contributed by atoms with Crippen molar-refractivity contribution >= 4 is 30.2 Å². The van der Waals surface area contributed by atoms with Gasteiger partial charge in [0.1, 0.15) is 5.69 Å². The molecule has 1 aliphatic rings. The van der Waals surface area contributed by atoms with E-state index in [4.69, 9.17) is 14.0 Å². The third-order valence-electron chi connectivity index (χ3n) is 3.80. The van der Waals surface area contributed by atoms with Crippen LogP contribution in [-0.2, 0) is 9.31 Å². The predicted octanol–water partition coefficient (Wildman–Crippen LogP) is 2.08. The fourth-order valence-corrected chi connectivity index (χ4v) is 2.29. The van der Waals surface area contributed by atoms with Crippen molar-refractivity contribution in [2.75, 3.05) is 18.1 Å². The summed E-state index contributed by atoms with van der Waals surface area (Å²) in [5, 5.41) is 0. The zero-order chi connectivity index (χ0) is 15.0. The van der Waals surface area contributed by atoms with Crippen molar-refractivity contribution in [3.8, 4) is 5.88 Å². The van der Waals surface area contributed by atoms with E-state index in [0.717, 1.165) is 11.2 Å². The first-order valence-corrected chi connectivity index (χ1v) is 7.72. The van der Waals surface area contributed by atoms with Gasteiger partial charge in [-0.05, 0) is 33.8 Å². The van der Waals surface area contributed by atoms with Gasteiger partial charge >= 0.3 is 7.12 Å². The van der Waals surface area contributed by atoms with Crippen LogP contribution in [-0.4, -0.2) is 36.7 Å². The standard InChI is InChI=1S/C13H21BN2O3S/c1-12(2)13(3,4)19-14(18-12)9-7-10(16-20-6)11(17-5)15-8-9/h7-8,16H,1-6H3. The summed E-state index contributed by atoms with van der Waals surface area (Å²) in [6, 6.07) is 1.95. The molecule has 2 heterocycles. The van der Waals surface area contributed by atoms with Crippen LogP contribution >= 0.6 is 11.9 Å². The summed E-state index contributed by atoms with van der Waals surface area (Å²) in [7, 11) is 1.18. The molecule has 110 valence electrons. The second-order valence-corrected chi connectivity index (χ2v) is 6.33. The van der Waals surface area contributed by atoms with E-state index in [0.29, 0.717) is 5.88 Å². The first-order valence-electron chi connectivity index (χ1n) is 6.49. The number of hydrogen-bond donors (Lipinski definition) is 1. The average molecular weight is 296 g/mol. The molecule has 1 N–H and O–H groups in total. The fourth-order valence-electron chi connectivity index (χ4n) is 1.92. The molecular weight excluding hydrogens is 275 g/mol. The van der Waals surface area contributed by atoms with E-state index in [9.17, 15) is 0 Å². The average Bonchev–Trinajstić information content (AvgIpc) is 2.59. The molecule has 0 atom stereocenters. The molecule has 1 aromatic rings. The van der Waals surface area contributed by atoms with Gasteiger partial charge in [0.15, 0.2) is 0 Å². The third kappa shape index (κ3) is 2.75. The Morgan fingerprint density at radius 2 is 1.85 bits per heavy atom. The van der Waals surface area contributed by atoms with Crippen LogP contribution in [0.5, 0.6) is 5.88 Å². The van der Waals surface area contributed by atoms with Crippen LogP contribution in [0.1, 0.15) is 27.7 Å². The molecule has 0 saturated carbocycles. The van der Waals surface area contributed by atoms with E-state index in [1.807, 2.05) is 40.0 Å². The Morgan fingerprint density at radius 1 is 1.25 bits per heavy atom. The van der Waals surface area contributed by atoms with Crippen LogP contribution in [0, 0.1) is 0 Å². The third-order valence-corrected chi connectivity index (χ3v) is 4.23. The van der Waals surface area contributed by atoms with Crippen molar-refractivity contribution < 1.29 is 14.0 Å². The number of ether oxygens (including phenoxy) is 1. The number of rotatable bonds is 4. The molecule has 1 aromatic heterocycles. The van der Waals surface area contributed by atoms with Gasteiger partial charge in [0.05, 0.1) is 18.3 Å². The summed E-state index contributed by atoms with van der Waals surface area (Å²) >= 11 is 1.48. The Kier molecular flexibility index (Phi) is 4.23. The van der Waals surface area contributed by atoms with Crippen molar-refractivity contribution in [1.82, 2.24) is 4.98 Å².